The van der Waals surface area contributed by atoms with Gasteiger partial charge in [-0.3, -0.25) is 9.59 Å². The van der Waals surface area contributed by atoms with E-state index >= 15 is 0 Å². The minimum Gasteiger partial charge on any atom is -0.339 e. The maximum atomic E-state index is 12.4. The van der Waals surface area contributed by atoms with Gasteiger partial charge in [-0.2, -0.15) is 0 Å². The molecule has 1 N–H and O–H groups in total. The molecule has 0 aromatic carbocycles. The lowest BCUT2D eigenvalue weighted by Crippen LogP contribution is -2.45. The molecule has 1 aliphatic carbocycles. The Balaban J connectivity index is 0.00000176. The van der Waals surface area contributed by atoms with Crippen molar-refractivity contribution in [2.75, 3.05) is 19.6 Å². The van der Waals surface area contributed by atoms with E-state index in [1.807, 2.05) is 4.90 Å². The number of nitrogens with zero attached hydrogens (tertiary/aromatic N) is 2. The Morgan fingerprint density at radius 1 is 1.27 bits per heavy atom. The molecule has 0 radical (unpaired) electrons. The standard InChI is InChI=1S/C16H23N3O2.ClH/c1-18-7-4-13(10-15(18)20)16(21)19-8-5-14(6-9-19)17-11-12-2-3-12;/h4,7,10,12,14,17H,2-3,5-6,8-9,11H2,1H3;1H. The largest absolute Gasteiger partial charge is 0.339 e. The molecular formula is C16H24ClN3O2. The van der Waals surface area contributed by atoms with E-state index in [9.17, 15) is 9.59 Å². The first-order valence-corrected chi connectivity index (χ1v) is 7.83. The molecule has 0 unspecified atom stereocenters. The van der Waals surface area contributed by atoms with Gasteiger partial charge in [0.05, 0.1) is 0 Å². The summed E-state index contributed by atoms with van der Waals surface area (Å²) in [5, 5.41) is 3.61. The zero-order valence-corrected chi connectivity index (χ0v) is 13.8. The van der Waals surface area contributed by atoms with Gasteiger partial charge in [0.15, 0.2) is 0 Å². The lowest BCUT2D eigenvalue weighted by molar-refractivity contribution is 0.0704. The summed E-state index contributed by atoms with van der Waals surface area (Å²) < 4.78 is 1.48. The van der Waals surface area contributed by atoms with Crippen LogP contribution in [0.3, 0.4) is 0 Å². The van der Waals surface area contributed by atoms with Crippen molar-refractivity contribution in [2.45, 2.75) is 31.7 Å². The number of hydrogen-bond donors (Lipinski definition) is 1. The van der Waals surface area contributed by atoms with Crippen LogP contribution in [-0.4, -0.2) is 41.1 Å². The highest BCUT2D eigenvalue weighted by atomic mass is 35.5. The highest BCUT2D eigenvalue weighted by Gasteiger charge is 2.26. The molecule has 2 fully saturated rings. The van der Waals surface area contributed by atoms with Crippen molar-refractivity contribution in [3.63, 3.8) is 0 Å². The van der Waals surface area contributed by atoms with Gasteiger partial charge in [-0.1, -0.05) is 0 Å². The number of carbonyl (C=O) groups excluding carboxylic acids is 1. The fraction of sp³-hybridized carbons (Fsp3) is 0.625. The summed E-state index contributed by atoms with van der Waals surface area (Å²) in [5.74, 6) is 0.874. The first kappa shape index (κ1) is 17.0. The van der Waals surface area contributed by atoms with Crippen molar-refractivity contribution >= 4 is 18.3 Å². The van der Waals surface area contributed by atoms with E-state index in [0.717, 1.165) is 38.4 Å². The summed E-state index contributed by atoms with van der Waals surface area (Å²) >= 11 is 0. The molecule has 1 saturated heterocycles. The molecule has 1 aromatic heterocycles. The Bertz CT molecular complexity index is 575. The van der Waals surface area contributed by atoms with Gasteiger partial charge < -0.3 is 14.8 Å². The van der Waals surface area contributed by atoms with Crippen molar-refractivity contribution < 1.29 is 4.79 Å². The summed E-state index contributed by atoms with van der Waals surface area (Å²) in [5.41, 5.74) is 0.365. The van der Waals surface area contributed by atoms with Gasteiger partial charge in [-0.05, 0) is 44.2 Å². The lowest BCUT2D eigenvalue weighted by atomic mass is 10.0. The molecule has 2 aliphatic rings. The lowest BCUT2D eigenvalue weighted by Gasteiger charge is -2.32. The number of aromatic nitrogens is 1. The van der Waals surface area contributed by atoms with E-state index in [1.54, 1.807) is 19.3 Å². The SMILES string of the molecule is Cl.Cn1ccc(C(=O)N2CCC(NCC3CC3)CC2)cc1=O. The monoisotopic (exact) mass is 325 g/mol. The number of pyridine rings is 1. The summed E-state index contributed by atoms with van der Waals surface area (Å²) in [6.07, 6.45) is 6.40. The molecule has 122 valence electrons. The Morgan fingerprint density at radius 3 is 2.55 bits per heavy atom. The van der Waals surface area contributed by atoms with Crippen LogP contribution in [0, 0.1) is 5.92 Å². The number of amides is 1. The third kappa shape index (κ3) is 4.11. The van der Waals surface area contributed by atoms with Crippen LogP contribution in [0.2, 0.25) is 0 Å². The number of likely N-dealkylation sites (tertiary alicyclic amines) is 1. The number of rotatable bonds is 4. The maximum absolute atomic E-state index is 12.4. The predicted octanol–water partition coefficient (Wildman–Crippen LogP) is 1.41. The number of nitrogens with one attached hydrogen (secondary N) is 1. The average molecular weight is 326 g/mol. The van der Waals surface area contributed by atoms with Gasteiger partial charge in [-0.15, -0.1) is 12.4 Å². The van der Waals surface area contributed by atoms with Crippen LogP contribution < -0.4 is 10.9 Å². The van der Waals surface area contributed by atoms with Crippen LogP contribution in [0.4, 0.5) is 0 Å². The molecule has 0 bridgehead atoms. The van der Waals surface area contributed by atoms with Crippen LogP contribution in [0.1, 0.15) is 36.0 Å². The van der Waals surface area contributed by atoms with Gasteiger partial charge in [0.2, 0.25) is 0 Å². The van der Waals surface area contributed by atoms with E-state index in [1.165, 1.54) is 23.5 Å². The van der Waals surface area contributed by atoms with E-state index < -0.39 is 0 Å². The third-order valence-electron chi connectivity index (χ3n) is 4.53. The van der Waals surface area contributed by atoms with Crippen LogP contribution in [-0.2, 0) is 7.05 Å². The minimum atomic E-state index is -0.137. The zero-order chi connectivity index (χ0) is 14.8. The Morgan fingerprint density at radius 2 is 1.95 bits per heavy atom. The van der Waals surface area contributed by atoms with Crippen LogP contribution in [0.25, 0.3) is 0 Å². The summed E-state index contributed by atoms with van der Waals surface area (Å²) in [7, 11) is 1.69. The van der Waals surface area contributed by atoms with Gasteiger partial charge in [0.25, 0.3) is 11.5 Å². The number of halogens is 1. The number of hydrogen-bond acceptors (Lipinski definition) is 3. The smallest absolute Gasteiger partial charge is 0.254 e. The second-order valence-corrected chi connectivity index (χ2v) is 6.28. The van der Waals surface area contributed by atoms with Crippen molar-refractivity contribution in [1.29, 1.82) is 0 Å². The maximum Gasteiger partial charge on any atom is 0.254 e. The van der Waals surface area contributed by atoms with Crippen LogP contribution >= 0.6 is 12.4 Å². The molecule has 0 spiro atoms. The highest BCUT2D eigenvalue weighted by Crippen LogP contribution is 2.28. The summed E-state index contributed by atoms with van der Waals surface area (Å²) in [6, 6.07) is 3.69. The molecule has 1 saturated carbocycles. The molecule has 1 amide bonds. The zero-order valence-electron chi connectivity index (χ0n) is 13.0. The predicted molar refractivity (Wildman–Crippen MR) is 88.6 cm³/mol. The molecule has 0 atom stereocenters. The quantitative estimate of drug-likeness (QED) is 0.910. The number of aryl methyl sites for hydroxylation is 1. The Kier molecular flexibility index (Phi) is 5.64. The minimum absolute atomic E-state index is 0. The normalized spacial score (nSPS) is 18.9. The number of carbonyl (C=O) groups is 1. The summed E-state index contributed by atoms with van der Waals surface area (Å²) in [4.78, 5) is 25.9. The molecular weight excluding hydrogens is 302 g/mol. The first-order valence-electron chi connectivity index (χ1n) is 7.83. The van der Waals surface area contributed by atoms with Crippen LogP contribution in [0.5, 0.6) is 0 Å². The topological polar surface area (TPSA) is 54.3 Å². The Hall–Kier alpha value is -1.33. The van der Waals surface area contributed by atoms with E-state index in [0.29, 0.717) is 11.6 Å². The molecule has 22 heavy (non-hydrogen) atoms. The van der Waals surface area contributed by atoms with Gasteiger partial charge in [0.1, 0.15) is 0 Å². The van der Waals surface area contributed by atoms with Crippen molar-refractivity contribution in [3.05, 3.63) is 34.2 Å². The average Bonchev–Trinajstić information content (AvgIpc) is 3.32. The Labute approximate surface area is 137 Å². The fourth-order valence-electron chi connectivity index (χ4n) is 2.81. The van der Waals surface area contributed by atoms with Crippen molar-refractivity contribution in [2.24, 2.45) is 13.0 Å². The van der Waals surface area contributed by atoms with Gasteiger partial charge in [0, 0.05) is 44.0 Å². The molecule has 6 heteroatoms. The molecule has 1 aromatic rings. The van der Waals surface area contributed by atoms with Gasteiger partial charge >= 0.3 is 0 Å². The van der Waals surface area contributed by atoms with E-state index in [-0.39, 0.29) is 23.9 Å². The van der Waals surface area contributed by atoms with E-state index in [2.05, 4.69) is 5.32 Å². The highest BCUT2D eigenvalue weighted by molar-refractivity contribution is 5.94. The van der Waals surface area contributed by atoms with Crippen LogP contribution in [0.15, 0.2) is 23.1 Å². The first-order chi connectivity index (χ1) is 10.1. The fourth-order valence-corrected chi connectivity index (χ4v) is 2.81. The third-order valence-corrected chi connectivity index (χ3v) is 4.53. The molecule has 1 aliphatic heterocycles. The molecule has 5 nitrogen and oxygen atoms in total. The van der Waals surface area contributed by atoms with Crippen molar-refractivity contribution in [3.8, 4) is 0 Å². The second-order valence-electron chi connectivity index (χ2n) is 6.28. The van der Waals surface area contributed by atoms with Gasteiger partial charge in [-0.25, -0.2) is 0 Å². The van der Waals surface area contributed by atoms with E-state index in [4.69, 9.17) is 0 Å². The molecule has 3 rings (SSSR count). The number of piperidine rings is 1. The van der Waals surface area contributed by atoms with Crippen molar-refractivity contribution in [1.82, 2.24) is 14.8 Å². The molecule has 2 heterocycles. The second kappa shape index (κ2) is 7.29. The summed E-state index contributed by atoms with van der Waals surface area (Å²) in [6.45, 7) is 2.68.